The fourth-order valence-electron chi connectivity index (χ4n) is 3.63. The highest BCUT2D eigenvalue weighted by Crippen LogP contribution is 2.34. The standard InChI is InChI=1S/C23H27ClN2O3/c1-23(2)15-28-21-7-6-17(12-22(21)29-16-23)20(27)14-25-8-10-26(11-9-25)19-5-3-4-18(24)13-19/h3-7,12-13H,8-11,14-16H2,1-2H3. The number of anilines is 1. The third-order valence-electron chi connectivity index (χ3n) is 5.42. The second-order valence-corrected chi connectivity index (χ2v) is 9.01. The molecule has 0 unspecified atom stereocenters. The van der Waals surface area contributed by atoms with Gasteiger partial charge >= 0.3 is 0 Å². The summed E-state index contributed by atoms with van der Waals surface area (Å²) in [6, 6.07) is 13.4. The van der Waals surface area contributed by atoms with Crippen LogP contribution in [0.3, 0.4) is 0 Å². The topological polar surface area (TPSA) is 42.0 Å². The average Bonchev–Trinajstić information content (AvgIpc) is 2.86. The van der Waals surface area contributed by atoms with Crippen molar-refractivity contribution >= 4 is 23.1 Å². The molecular weight excluding hydrogens is 388 g/mol. The van der Waals surface area contributed by atoms with Gasteiger partial charge in [-0.25, -0.2) is 0 Å². The van der Waals surface area contributed by atoms with Crippen LogP contribution in [0.1, 0.15) is 24.2 Å². The molecule has 0 spiro atoms. The van der Waals surface area contributed by atoms with Crippen LogP contribution in [-0.4, -0.2) is 56.6 Å². The number of ether oxygens (including phenoxy) is 2. The number of Topliss-reactive ketones (excluding diaryl/α,β-unsaturated/α-hetero) is 1. The van der Waals surface area contributed by atoms with Crippen molar-refractivity contribution in [2.45, 2.75) is 13.8 Å². The molecule has 2 heterocycles. The molecule has 2 aromatic rings. The highest BCUT2D eigenvalue weighted by molar-refractivity contribution is 6.30. The lowest BCUT2D eigenvalue weighted by molar-refractivity contribution is 0.0926. The first kappa shape index (κ1) is 20.0. The Balaban J connectivity index is 1.35. The van der Waals surface area contributed by atoms with Crippen molar-refractivity contribution in [1.29, 1.82) is 0 Å². The van der Waals surface area contributed by atoms with Gasteiger partial charge in [0.25, 0.3) is 0 Å². The molecule has 0 N–H and O–H groups in total. The Labute approximate surface area is 177 Å². The molecule has 0 saturated carbocycles. The van der Waals surface area contributed by atoms with Gasteiger partial charge in [-0.05, 0) is 36.4 Å². The summed E-state index contributed by atoms with van der Waals surface area (Å²) in [5.41, 5.74) is 1.75. The van der Waals surface area contributed by atoms with Crippen molar-refractivity contribution in [3.8, 4) is 11.5 Å². The molecule has 0 bridgehead atoms. The van der Waals surface area contributed by atoms with Gasteiger partial charge in [-0.2, -0.15) is 0 Å². The van der Waals surface area contributed by atoms with E-state index < -0.39 is 0 Å². The zero-order valence-corrected chi connectivity index (χ0v) is 17.7. The van der Waals surface area contributed by atoms with Crippen molar-refractivity contribution in [1.82, 2.24) is 4.90 Å². The van der Waals surface area contributed by atoms with Gasteiger partial charge in [-0.3, -0.25) is 9.69 Å². The van der Waals surface area contributed by atoms with E-state index in [1.165, 1.54) is 0 Å². The lowest BCUT2D eigenvalue weighted by Crippen LogP contribution is -2.48. The Morgan fingerprint density at radius 1 is 1.00 bits per heavy atom. The van der Waals surface area contributed by atoms with E-state index in [1.807, 2.05) is 36.4 Å². The predicted octanol–water partition coefficient (Wildman–Crippen LogP) is 4.14. The van der Waals surface area contributed by atoms with Crippen LogP contribution in [0.2, 0.25) is 5.02 Å². The first-order valence-electron chi connectivity index (χ1n) is 10.1. The van der Waals surface area contributed by atoms with E-state index in [0.29, 0.717) is 36.8 Å². The van der Waals surface area contributed by atoms with E-state index in [-0.39, 0.29) is 11.2 Å². The summed E-state index contributed by atoms with van der Waals surface area (Å²) < 4.78 is 11.8. The second kappa shape index (κ2) is 8.25. The van der Waals surface area contributed by atoms with Crippen LogP contribution in [0.15, 0.2) is 42.5 Å². The monoisotopic (exact) mass is 414 g/mol. The van der Waals surface area contributed by atoms with E-state index >= 15 is 0 Å². The van der Waals surface area contributed by atoms with Crippen molar-refractivity contribution in [2.24, 2.45) is 5.41 Å². The minimum atomic E-state index is -0.0498. The number of rotatable bonds is 4. The van der Waals surface area contributed by atoms with Crippen LogP contribution in [0.25, 0.3) is 0 Å². The summed E-state index contributed by atoms with van der Waals surface area (Å²) in [5.74, 6) is 1.48. The van der Waals surface area contributed by atoms with Crippen molar-refractivity contribution < 1.29 is 14.3 Å². The number of fused-ring (bicyclic) bond motifs is 1. The molecule has 1 fully saturated rings. The van der Waals surface area contributed by atoms with Gasteiger partial charge in [0.05, 0.1) is 19.8 Å². The molecule has 154 valence electrons. The lowest BCUT2D eigenvalue weighted by Gasteiger charge is -2.35. The summed E-state index contributed by atoms with van der Waals surface area (Å²) >= 11 is 6.10. The first-order chi connectivity index (χ1) is 13.9. The summed E-state index contributed by atoms with van der Waals surface area (Å²) in [6.45, 7) is 9.24. The predicted molar refractivity (Wildman–Crippen MR) is 116 cm³/mol. The number of halogens is 1. The van der Waals surface area contributed by atoms with Crippen LogP contribution >= 0.6 is 11.6 Å². The minimum absolute atomic E-state index is 0.0498. The van der Waals surface area contributed by atoms with Crippen molar-refractivity contribution in [3.63, 3.8) is 0 Å². The molecule has 0 amide bonds. The van der Waals surface area contributed by atoms with Gasteiger partial charge in [0, 0.05) is 47.9 Å². The molecule has 0 aliphatic carbocycles. The van der Waals surface area contributed by atoms with Crippen LogP contribution in [0.5, 0.6) is 11.5 Å². The molecule has 4 rings (SSSR count). The SMILES string of the molecule is CC1(C)COc2ccc(C(=O)CN3CCN(c4cccc(Cl)c4)CC3)cc2OC1. The third-order valence-corrected chi connectivity index (χ3v) is 5.65. The minimum Gasteiger partial charge on any atom is -0.489 e. The van der Waals surface area contributed by atoms with E-state index in [4.69, 9.17) is 21.1 Å². The maximum atomic E-state index is 12.8. The molecule has 2 aliphatic heterocycles. The number of piperazine rings is 1. The normalized spacial score (nSPS) is 18.9. The highest BCUT2D eigenvalue weighted by Gasteiger charge is 2.26. The fraction of sp³-hybridized carbons (Fsp3) is 0.435. The maximum absolute atomic E-state index is 12.8. The molecule has 0 atom stereocenters. The molecule has 5 nitrogen and oxygen atoms in total. The van der Waals surface area contributed by atoms with E-state index in [2.05, 4.69) is 29.7 Å². The van der Waals surface area contributed by atoms with Crippen LogP contribution in [0.4, 0.5) is 5.69 Å². The first-order valence-corrected chi connectivity index (χ1v) is 10.4. The van der Waals surface area contributed by atoms with Gasteiger partial charge in [0.1, 0.15) is 0 Å². The zero-order chi connectivity index (χ0) is 20.4. The van der Waals surface area contributed by atoms with Gasteiger partial charge in [0.15, 0.2) is 17.3 Å². The Kier molecular flexibility index (Phi) is 5.70. The van der Waals surface area contributed by atoms with E-state index in [0.717, 1.165) is 36.9 Å². The summed E-state index contributed by atoms with van der Waals surface area (Å²) in [5, 5.41) is 0.748. The Hall–Kier alpha value is -2.24. The fourth-order valence-corrected chi connectivity index (χ4v) is 3.82. The number of benzene rings is 2. The number of nitrogens with zero attached hydrogens (tertiary/aromatic N) is 2. The van der Waals surface area contributed by atoms with Crippen LogP contribution < -0.4 is 14.4 Å². The zero-order valence-electron chi connectivity index (χ0n) is 17.0. The van der Waals surface area contributed by atoms with Gasteiger partial charge < -0.3 is 14.4 Å². The number of hydrogen-bond acceptors (Lipinski definition) is 5. The molecule has 1 saturated heterocycles. The van der Waals surface area contributed by atoms with Crippen LogP contribution in [0, 0.1) is 5.41 Å². The van der Waals surface area contributed by atoms with Gasteiger partial charge in [-0.1, -0.05) is 31.5 Å². The number of ketones is 1. The third kappa shape index (κ3) is 4.85. The highest BCUT2D eigenvalue weighted by atomic mass is 35.5. The molecule has 2 aromatic carbocycles. The summed E-state index contributed by atoms with van der Waals surface area (Å²) in [4.78, 5) is 17.4. The van der Waals surface area contributed by atoms with Gasteiger partial charge in [0.2, 0.25) is 0 Å². The smallest absolute Gasteiger partial charge is 0.176 e. The van der Waals surface area contributed by atoms with Crippen molar-refractivity contribution in [2.75, 3.05) is 50.8 Å². The average molecular weight is 415 g/mol. The summed E-state index contributed by atoms with van der Waals surface area (Å²) in [7, 11) is 0. The molecule has 29 heavy (non-hydrogen) atoms. The molecule has 0 aromatic heterocycles. The Morgan fingerprint density at radius 2 is 1.72 bits per heavy atom. The van der Waals surface area contributed by atoms with E-state index in [9.17, 15) is 4.79 Å². The molecule has 6 heteroatoms. The second-order valence-electron chi connectivity index (χ2n) is 8.57. The van der Waals surface area contributed by atoms with E-state index in [1.54, 1.807) is 0 Å². The lowest BCUT2D eigenvalue weighted by atomic mass is 9.97. The molecule has 0 radical (unpaired) electrons. The Morgan fingerprint density at radius 3 is 2.45 bits per heavy atom. The van der Waals surface area contributed by atoms with Crippen LogP contribution in [-0.2, 0) is 0 Å². The van der Waals surface area contributed by atoms with Gasteiger partial charge in [-0.15, -0.1) is 0 Å². The number of carbonyl (C=O) groups excluding carboxylic acids is 1. The number of hydrogen-bond donors (Lipinski definition) is 0. The maximum Gasteiger partial charge on any atom is 0.176 e. The Bertz CT molecular complexity index is 891. The number of carbonyl (C=O) groups is 1. The summed E-state index contributed by atoms with van der Waals surface area (Å²) in [6.07, 6.45) is 0. The van der Waals surface area contributed by atoms with Crippen molar-refractivity contribution in [3.05, 3.63) is 53.1 Å². The quantitative estimate of drug-likeness (QED) is 0.703. The molecule has 2 aliphatic rings. The molecular formula is C23H27ClN2O3. The largest absolute Gasteiger partial charge is 0.489 e.